The van der Waals surface area contributed by atoms with E-state index in [-0.39, 0.29) is 5.91 Å². The van der Waals surface area contributed by atoms with Crippen molar-refractivity contribution in [2.24, 2.45) is 0 Å². The lowest BCUT2D eigenvalue weighted by Gasteiger charge is -2.27. The predicted molar refractivity (Wildman–Crippen MR) is 84.7 cm³/mol. The fourth-order valence-corrected chi connectivity index (χ4v) is 2.75. The number of aryl methyl sites for hydroxylation is 1. The van der Waals surface area contributed by atoms with Crippen LogP contribution < -0.4 is 0 Å². The number of morpholine rings is 1. The van der Waals surface area contributed by atoms with E-state index in [1.807, 2.05) is 23.1 Å². The molecule has 0 aliphatic carbocycles. The quantitative estimate of drug-likeness (QED) is 0.871. The summed E-state index contributed by atoms with van der Waals surface area (Å²) in [4.78, 5) is 18.7. The van der Waals surface area contributed by atoms with Crippen molar-refractivity contribution in [2.75, 3.05) is 26.3 Å². The maximum Gasteiger partial charge on any atom is 0.270 e. The summed E-state index contributed by atoms with van der Waals surface area (Å²) in [6, 6.07) is 5.92. The van der Waals surface area contributed by atoms with Gasteiger partial charge in [0.1, 0.15) is 5.69 Å². The molecule has 0 spiro atoms. The van der Waals surface area contributed by atoms with E-state index in [4.69, 9.17) is 4.74 Å². The third-order valence-electron chi connectivity index (χ3n) is 3.89. The summed E-state index contributed by atoms with van der Waals surface area (Å²) in [7, 11) is 0. The molecular formula is C17H21N3O2. The smallest absolute Gasteiger partial charge is 0.270 e. The minimum absolute atomic E-state index is 0.0945. The Morgan fingerprint density at radius 1 is 1.23 bits per heavy atom. The Morgan fingerprint density at radius 3 is 2.64 bits per heavy atom. The van der Waals surface area contributed by atoms with Crippen LogP contribution in [-0.4, -0.2) is 46.7 Å². The van der Waals surface area contributed by atoms with Crippen LogP contribution in [0.5, 0.6) is 0 Å². The number of ether oxygens (including phenoxy) is 1. The van der Waals surface area contributed by atoms with Crippen LogP contribution in [0, 0.1) is 0 Å². The number of carbonyl (C=O) groups excluding carboxylic acids is 1. The highest BCUT2D eigenvalue weighted by Crippen LogP contribution is 2.23. The number of aromatic nitrogens is 2. The van der Waals surface area contributed by atoms with Crippen LogP contribution in [0.4, 0.5) is 0 Å². The molecule has 0 radical (unpaired) electrons. The topological polar surface area (TPSA) is 47.4 Å². The summed E-state index contributed by atoms with van der Waals surface area (Å²) in [6.45, 7) is 5.54. The average molecular weight is 299 g/mol. The van der Waals surface area contributed by atoms with Gasteiger partial charge >= 0.3 is 0 Å². The Bertz CT molecular complexity index is 631. The van der Waals surface area contributed by atoms with Crippen LogP contribution in [0.25, 0.3) is 11.1 Å². The maximum absolute atomic E-state index is 12.8. The molecule has 2 aromatic heterocycles. The molecule has 0 N–H and O–H groups in total. The molecule has 5 nitrogen and oxygen atoms in total. The van der Waals surface area contributed by atoms with Crippen molar-refractivity contribution in [3.05, 3.63) is 42.5 Å². The summed E-state index contributed by atoms with van der Waals surface area (Å²) >= 11 is 0. The zero-order valence-electron chi connectivity index (χ0n) is 12.9. The third-order valence-corrected chi connectivity index (χ3v) is 3.89. The van der Waals surface area contributed by atoms with Crippen molar-refractivity contribution >= 4 is 5.91 Å². The zero-order chi connectivity index (χ0) is 15.4. The first-order valence-corrected chi connectivity index (χ1v) is 7.77. The van der Waals surface area contributed by atoms with Gasteiger partial charge in [0.2, 0.25) is 0 Å². The summed E-state index contributed by atoms with van der Waals surface area (Å²) in [5.41, 5.74) is 2.91. The van der Waals surface area contributed by atoms with Crippen LogP contribution in [0.3, 0.4) is 0 Å². The number of carbonyl (C=O) groups is 1. The van der Waals surface area contributed by atoms with Gasteiger partial charge in [0, 0.05) is 43.8 Å². The number of hydrogen-bond acceptors (Lipinski definition) is 3. The van der Waals surface area contributed by atoms with Gasteiger partial charge < -0.3 is 14.2 Å². The molecule has 0 aromatic carbocycles. The van der Waals surface area contributed by atoms with Crippen molar-refractivity contribution in [3.8, 4) is 11.1 Å². The maximum atomic E-state index is 12.8. The van der Waals surface area contributed by atoms with Crippen molar-refractivity contribution in [1.82, 2.24) is 14.5 Å². The second-order valence-corrected chi connectivity index (χ2v) is 5.45. The highest BCUT2D eigenvalue weighted by Gasteiger charge is 2.22. The molecule has 3 rings (SSSR count). The van der Waals surface area contributed by atoms with Crippen LogP contribution in [0.1, 0.15) is 23.8 Å². The third kappa shape index (κ3) is 3.04. The van der Waals surface area contributed by atoms with E-state index in [1.54, 1.807) is 12.4 Å². The Kier molecular flexibility index (Phi) is 4.53. The fraction of sp³-hybridized carbons (Fsp3) is 0.412. The molecule has 1 aliphatic rings. The monoisotopic (exact) mass is 299 g/mol. The van der Waals surface area contributed by atoms with Crippen LogP contribution >= 0.6 is 0 Å². The van der Waals surface area contributed by atoms with Gasteiger partial charge in [-0.05, 0) is 30.2 Å². The molecule has 22 heavy (non-hydrogen) atoms. The highest BCUT2D eigenvalue weighted by molar-refractivity contribution is 5.94. The van der Waals surface area contributed by atoms with Crippen molar-refractivity contribution in [1.29, 1.82) is 0 Å². The first kappa shape index (κ1) is 14.8. The summed E-state index contributed by atoms with van der Waals surface area (Å²) in [5, 5.41) is 0. The summed E-state index contributed by atoms with van der Waals surface area (Å²) in [5.74, 6) is 0.0945. The molecule has 0 bridgehead atoms. The lowest BCUT2D eigenvalue weighted by molar-refractivity contribution is 0.0296. The van der Waals surface area contributed by atoms with Gasteiger partial charge in [0.25, 0.3) is 5.91 Å². The first-order valence-electron chi connectivity index (χ1n) is 7.77. The Morgan fingerprint density at radius 2 is 1.95 bits per heavy atom. The van der Waals surface area contributed by atoms with Crippen LogP contribution in [0.2, 0.25) is 0 Å². The molecule has 0 unspecified atom stereocenters. The Labute approximate surface area is 130 Å². The van der Waals surface area contributed by atoms with Gasteiger partial charge in [-0.15, -0.1) is 0 Å². The van der Waals surface area contributed by atoms with Crippen molar-refractivity contribution < 1.29 is 9.53 Å². The van der Waals surface area contributed by atoms with Crippen molar-refractivity contribution in [3.63, 3.8) is 0 Å². The largest absolute Gasteiger partial charge is 0.378 e. The fourth-order valence-electron chi connectivity index (χ4n) is 2.75. The second kappa shape index (κ2) is 6.75. The predicted octanol–water partition coefficient (Wildman–Crippen LogP) is 2.43. The van der Waals surface area contributed by atoms with E-state index >= 15 is 0 Å². The molecule has 116 valence electrons. The highest BCUT2D eigenvalue weighted by atomic mass is 16.5. The van der Waals surface area contributed by atoms with E-state index in [1.165, 1.54) is 0 Å². The molecular weight excluding hydrogens is 278 g/mol. The molecule has 1 fully saturated rings. The van der Waals surface area contributed by atoms with Gasteiger partial charge in [-0.1, -0.05) is 6.92 Å². The van der Waals surface area contributed by atoms with E-state index in [9.17, 15) is 4.79 Å². The second-order valence-electron chi connectivity index (χ2n) is 5.45. The number of pyridine rings is 1. The van der Waals surface area contributed by atoms with Gasteiger partial charge in [0.05, 0.1) is 13.2 Å². The summed E-state index contributed by atoms with van der Waals surface area (Å²) < 4.78 is 7.39. The van der Waals surface area contributed by atoms with Gasteiger partial charge in [-0.3, -0.25) is 9.78 Å². The van der Waals surface area contributed by atoms with E-state index in [2.05, 4.69) is 22.7 Å². The van der Waals surface area contributed by atoms with Gasteiger partial charge in [-0.25, -0.2) is 0 Å². The lowest BCUT2D eigenvalue weighted by atomic mass is 10.1. The Balaban J connectivity index is 1.91. The molecule has 1 amide bonds. The zero-order valence-corrected chi connectivity index (χ0v) is 12.9. The van der Waals surface area contributed by atoms with Gasteiger partial charge in [0.15, 0.2) is 0 Å². The molecule has 1 saturated heterocycles. The minimum Gasteiger partial charge on any atom is -0.378 e. The molecule has 0 atom stereocenters. The van der Waals surface area contributed by atoms with Gasteiger partial charge in [-0.2, -0.15) is 0 Å². The van der Waals surface area contributed by atoms with E-state index < -0.39 is 0 Å². The minimum atomic E-state index is 0.0945. The Hall–Kier alpha value is -2.14. The van der Waals surface area contributed by atoms with Crippen LogP contribution in [0.15, 0.2) is 36.8 Å². The standard InChI is InChI=1S/C17H21N3O2/c1-2-7-20-13-15(14-3-5-18-6-4-14)12-16(20)17(21)19-8-10-22-11-9-19/h3-6,12-13H,2,7-11H2,1H3. The number of rotatable bonds is 4. The summed E-state index contributed by atoms with van der Waals surface area (Å²) in [6.07, 6.45) is 6.60. The average Bonchev–Trinajstić information content (AvgIpc) is 3.00. The first-order chi connectivity index (χ1) is 10.8. The van der Waals surface area contributed by atoms with Crippen LogP contribution in [-0.2, 0) is 11.3 Å². The lowest BCUT2D eigenvalue weighted by Crippen LogP contribution is -2.41. The SMILES string of the molecule is CCCn1cc(-c2ccncc2)cc1C(=O)N1CCOCC1. The molecule has 0 saturated carbocycles. The number of amides is 1. The number of hydrogen-bond donors (Lipinski definition) is 0. The number of nitrogens with zero attached hydrogens (tertiary/aromatic N) is 3. The molecule has 3 heterocycles. The van der Waals surface area contributed by atoms with Crippen molar-refractivity contribution in [2.45, 2.75) is 19.9 Å². The molecule has 5 heteroatoms. The van der Waals surface area contributed by atoms with E-state index in [0.29, 0.717) is 26.3 Å². The normalized spacial score (nSPS) is 15.0. The van der Waals surface area contributed by atoms with E-state index in [0.717, 1.165) is 29.8 Å². The molecule has 1 aliphatic heterocycles. The molecule has 2 aromatic rings.